The van der Waals surface area contributed by atoms with E-state index in [9.17, 15) is 4.79 Å². The fourth-order valence-electron chi connectivity index (χ4n) is 4.62. The molecule has 0 spiro atoms. The summed E-state index contributed by atoms with van der Waals surface area (Å²) >= 11 is 8.06. The first-order chi connectivity index (χ1) is 16.0. The van der Waals surface area contributed by atoms with E-state index in [1.807, 2.05) is 36.4 Å². The van der Waals surface area contributed by atoms with Crippen molar-refractivity contribution in [2.75, 3.05) is 19.5 Å². The number of carboxylic acids is 1. The highest BCUT2D eigenvalue weighted by Crippen LogP contribution is 2.40. The molecule has 0 radical (unpaired) electrons. The third-order valence-corrected chi connectivity index (χ3v) is 7.27. The zero-order valence-corrected chi connectivity index (χ0v) is 20.3. The molecule has 0 saturated heterocycles. The minimum Gasteiger partial charge on any atom is -0.480 e. The molecule has 0 bridgehead atoms. The molecule has 3 aromatic rings. The van der Waals surface area contributed by atoms with E-state index in [1.54, 1.807) is 11.8 Å². The van der Waals surface area contributed by atoms with Gasteiger partial charge in [-0.05, 0) is 61.5 Å². The van der Waals surface area contributed by atoms with Crippen molar-refractivity contribution in [2.24, 2.45) is 11.8 Å². The van der Waals surface area contributed by atoms with E-state index in [0.717, 1.165) is 64.7 Å². The predicted molar refractivity (Wildman–Crippen MR) is 134 cm³/mol. The first-order valence-electron chi connectivity index (χ1n) is 11.3. The zero-order valence-electron chi connectivity index (χ0n) is 18.7. The summed E-state index contributed by atoms with van der Waals surface area (Å²) < 4.78 is 7.50. The highest BCUT2D eigenvalue weighted by Gasteiger charge is 2.26. The molecule has 7 heteroatoms. The number of aliphatic carboxylic acids is 1. The Bertz CT molecular complexity index is 1080. The van der Waals surface area contributed by atoms with Crippen LogP contribution in [0.4, 0.5) is 0 Å². The molecular weight excluding hydrogens is 456 g/mol. The van der Waals surface area contributed by atoms with Gasteiger partial charge in [-0.2, -0.15) is 5.10 Å². The van der Waals surface area contributed by atoms with Gasteiger partial charge in [0.15, 0.2) is 0 Å². The first-order valence-corrected chi connectivity index (χ1v) is 12.9. The van der Waals surface area contributed by atoms with Crippen molar-refractivity contribution < 1.29 is 14.6 Å². The number of carbonyl (C=O) groups is 1. The van der Waals surface area contributed by atoms with Crippen LogP contribution >= 0.6 is 23.4 Å². The predicted octanol–water partition coefficient (Wildman–Crippen LogP) is 6.50. The van der Waals surface area contributed by atoms with Crippen LogP contribution in [0.2, 0.25) is 5.02 Å². The monoisotopic (exact) mass is 484 g/mol. The number of thioether (sulfide) groups is 1. The van der Waals surface area contributed by atoms with Gasteiger partial charge < -0.3 is 9.84 Å². The largest absolute Gasteiger partial charge is 0.480 e. The third kappa shape index (κ3) is 5.99. The van der Waals surface area contributed by atoms with Crippen molar-refractivity contribution in [2.45, 2.75) is 37.3 Å². The van der Waals surface area contributed by atoms with E-state index in [-0.39, 0.29) is 6.61 Å². The Balaban J connectivity index is 1.56. The van der Waals surface area contributed by atoms with Crippen LogP contribution in [0.5, 0.6) is 0 Å². The molecule has 0 atom stereocenters. The molecule has 0 amide bonds. The summed E-state index contributed by atoms with van der Waals surface area (Å²) in [5.74, 6) is 0.0826. The average molecular weight is 485 g/mol. The number of benzene rings is 2. The number of ether oxygens (including phenoxy) is 1. The van der Waals surface area contributed by atoms with E-state index < -0.39 is 5.97 Å². The minimum atomic E-state index is -0.906. The maximum Gasteiger partial charge on any atom is 0.329 e. The van der Waals surface area contributed by atoms with Gasteiger partial charge in [-0.15, -0.1) is 11.8 Å². The molecule has 0 aliphatic heterocycles. The second-order valence-electron chi connectivity index (χ2n) is 8.59. The fourth-order valence-corrected chi connectivity index (χ4v) is 5.55. The lowest BCUT2D eigenvalue weighted by atomic mass is 9.82. The van der Waals surface area contributed by atoms with Gasteiger partial charge in [-0.3, -0.25) is 4.68 Å². The van der Waals surface area contributed by atoms with E-state index in [2.05, 4.69) is 29.1 Å². The maximum absolute atomic E-state index is 10.7. The van der Waals surface area contributed by atoms with Crippen LogP contribution in [-0.4, -0.2) is 40.3 Å². The van der Waals surface area contributed by atoms with Crippen LogP contribution in [0, 0.1) is 11.8 Å². The molecule has 2 aromatic carbocycles. The zero-order chi connectivity index (χ0) is 23.2. The number of rotatable bonds is 9. The smallest absolute Gasteiger partial charge is 0.329 e. The molecule has 1 fully saturated rings. The van der Waals surface area contributed by atoms with Crippen LogP contribution in [0.3, 0.4) is 0 Å². The van der Waals surface area contributed by atoms with Crippen LogP contribution in [0.15, 0.2) is 59.6 Å². The van der Waals surface area contributed by atoms with E-state index in [1.165, 1.54) is 0 Å². The van der Waals surface area contributed by atoms with Gasteiger partial charge >= 0.3 is 5.97 Å². The van der Waals surface area contributed by atoms with E-state index >= 15 is 0 Å². The Morgan fingerprint density at radius 3 is 2.45 bits per heavy atom. The Morgan fingerprint density at radius 2 is 1.79 bits per heavy atom. The lowest BCUT2D eigenvalue weighted by molar-refractivity contribution is -0.142. The van der Waals surface area contributed by atoms with E-state index in [4.69, 9.17) is 26.5 Å². The second kappa shape index (κ2) is 11.2. The number of nitrogens with zero attached hydrogens (tertiary/aromatic N) is 2. The summed E-state index contributed by atoms with van der Waals surface area (Å²) in [7, 11) is 0. The summed E-state index contributed by atoms with van der Waals surface area (Å²) in [5, 5.41) is 15.7. The van der Waals surface area contributed by atoms with Crippen molar-refractivity contribution >= 4 is 29.3 Å². The molecule has 5 nitrogen and oxygen atoms in total. The molecule has 1 N–H and O–H groups in total. The first kappa shape index (κ1) is 23.9. The van der Waals surface area contributed by atoms with Gasteiger partial charge in [0.25, 0.3) is 0 Å². The van der Waals surface area contributed by atoms with Crippen molar-refractivity contribution in [3.05, 3.63) is 59.6 Å². The molecule has 1 heterocycles. The van der Waals surface area contributed by atoms with Crippen molar-refractivity contribution in [1.29, 1.82) is 0 Å². The normalized spacial score (nSPS) is 18.4. The summed E-state index contributed by atoms with van der Waals surface area (Å²) in [6.45, 7) is 1.20. The summed E-state index contributed by atoms with van der Waals surface area (Å²) in [5.41, 5.74) is 4.29. The van der Waals surface area contributed by atoms with Gasteiger partial charge in [0.2, 0.25) is 0 Å². The van der Waals surface area contributed by atoms with Gasteiger partial charge in [0.05, 0.1) is 6.61 Å². The molecule has 1 saturated carbocycles. The third-order valence-electron chi connectivity index (χ3n) is 6.24. The van der Waals surface area contributed by atoms with Crippen LogP contribution in [0.25, 0.3) is 22.4 Å². The highest BCUT2D eigenvalue weighted by atomic mass is 35.5. The van der Waals surface area contributed by atoms with Crippen molar-refractivity contribution in [3.8, 4) is 22.4 Å². The Hall–Kier alpha value is -2.28. The average Bonchev–Trinajstić information content (AvgIpc) is 3.18. The molecule has 174 valence electrons. The minimum absolute atomic E-state index is 0.209. The number of carboxylic acid groups (broad SMARTS) is 1. The standard InChI is InChI=1S/C26H29ClN2O3S/c1-33-26-24(21-8-5-9-22(27)14-21)25(20-6-3-2-4-7-20)28-29(26)15-18-10-12-19(13-11-18)16-32-17-23(30)31/h2-9,14,18-19H,10-13,15-17H2,1H3,(H,30,31)/t18-,19-. The van der Waals surface area contributed by atoms with Crippen LogP contribution < -0.4 is 0 Å². The molecule has 4 rings (SSSR count). The fraction of sp³-hybridized carbons (Fsp3) is 0.385. The van der Waals surface area contributed by atoms with Gasteiger partial charge in [-0.1, -0.05) is 54.1 Å². The van der Waals surface area contributed by atoms with Crippen LogP contribution in [0.1, 0.15) is 25.7 Å². The Labute approximate surface area is 204 Å². The van der Waals surface area contributed by atoms with Gasteiger partial charge in [0.1, 0.15) is 17.3 Å². The number of hydrogen-bond acceptors (Lipinski definition) is 4. The SMILES string of the molecule is CSc1c(-c2cccc(Cl)c2)c(-c2ccccc2)nn1C[C@H]1CC[C@H](COCC(=O)O)CC1. The van der Waals surface area contributed by atoms with Gasteiger partial charge in [-0.25, -0.2) is 4.79 Å². The number of aromatic nitrogens is 2. The second-order valence-corrected chi connectivity index (χ2v) is 9.82. The lowest BCUT2D eigenvalue weighted by Crippen LogP contribution is -2.23. The molecule has 0 unspecified atom stereocenters. The lowest BCUT2D eigenvalue weighted by Gasteiger charge is -2.28. The number of hydrogen-bond donors (Lipinski definition) is 1. The highest BCUT2D eigenvalue weighted by molar-refractivity contribution is 7.98. The molecule has 1 aliphatic carbocycles. The number of halogens is 1. The summed E-state index contributed by atoms with van der Waals surface area (Å²) in [4.78, 5) is 10.7. The maximum atomic E-state index is 10.7. The summed E-state index contributed by atoms with van der Waals surface area (Å²) in [6, 6.07) is 18.3. The van der Waals surface area contributed by atoms with Gasteiger partial charge in [0, 0.05) is 22.7 Å². The van der Waals surface area contributed by atoms with E-state index in [0.29, 0.717) is 18.4 Å². The molecule has 33 heavy (non-hydrogen) atoms. The molecular formula is C26H29ClN2O3S. The topological polar surface area (TPSA) is 64.4 Å². The Morgan fingerprint density at radius 1 is 1.09 bits per heavy atom. The Kier molecular flexibility index (Phi) is 8.12. The van der Waals surface area contributed by atoms with Crippen molar-refractivity contribution in [3.63, 3.8) is 0 Å². The molecule has 1 aromatic heterocycles. The van der Waals surface area contributed by atoms with Crippen molar-refractivity contribution in [1.82, 2.24) is 9.78 Å². The quantitative estimate of drug-likeness (QED) is 0.351. The molecule has 1 aliphatic rings. The summed E-state index contributed by atoms with van der Waals surface area (Å²) in [6.07, 6.45) is 6.43. The van der Waals surface area contributed by atoms with Crippen LogP contribution in [-0.2, 0) is 16.1 Å².